The van der Waals surface area contributed by atoms with E-state index >= 15 is 0 Å². The van der Waals surface area contributed by atoms with Crippen molar-refractivity contribution in [1.29, 1.82) is 0 Å². The van der Waals surface area contributed by atoms with Crippen molar-refractivity contribution in [3.05, 3.63) is 52.2 Å². The summed E-state index contributed by atoms with van der Waals surface area (Å²) in [4.78, 5) is 12.8. The summed E-state index contributed by atoms with van der Waals surface area (Å²) in [6.45, 7) is 0.460. The SMILES string of the molecule is COc1cccc(CC(=O)NCCC(O)c2cccs2)c1. The Hall–Kier alpha value is -1.85. The summed E-state index contributed by atoms with van der Waals surface area (Å²) in [5, 5.41) is 14.7. The van der Waals surface area contributed by atoms with E-state index in [-0.39, 0.29) is 5.91 Å². The van der Waals surface area contributed by atoms with Crippen LogP contribution in [0.3, 0.4) is 0 Å². The third-order valence-electron chi connectivity index (χ3n) is 3.11. The number of benzene rings is 1. The molecule has 0 saturated heterocycles. The zero-order valence-electron chi connectivity index (χ0n) is 11.9. The molecule has 0 spiro atoms. The molecule has 1 heterocycles. The van der Waals surface area contributed by atoms with E-state index < -0.39 is 6.10 Å². The van der Waals surface area contributed by atoms with Gasteiger partial charge in [0.05, 0.1) is 19.6 Å². The Labute approximate surface area is 128 Å². The average molecular weight is 305 g/mol. The lowest BCUT2D eigenvalue weighted by Crippen LogP contribution is -2.27. The van der Waals surface area contributed by atoms with E-state index in [0.29, 0.717) is 19.4 Å². The van der Waals surface area contributed by atoms with Crippen molar-refractivity contribution in [2.45, 2.75) is 18.9 Å². The Morgan fingerprint density at radius 3 is 2.95 bits per heavy atom. The Morgan fingerprint density at radius 2 is 2.24 bits per heavy atom. The molecule has 0 radical (unpaired) electrons. The first-order valence-corrected chi connectivity index (χ1v) is 7.68. The van der Waals surface area contributed by atoms with Crippen molar-refractivity contribution >= 4 is 17.2 Å². The van der Waals surface area contributed by atoms with Gasteiger partial charge in [-0.25, -0.2) is 0 Å². The molecular weight excluding hydrogens is 286 g/mol. The van der Waals surface area contributed by atoms with Gasteiger partial charge >= 0.3 is 0 Å². The summed E-state index contributed by atoms with van der Waals surface area (Å²) >= 11 is 1.52. The number of nitrogens with one attached hydrogen (secondary N) is 1. The van der Waals surface area contributed by atoms with Crippen molar-refractivity contribution in [2.75, 3.05) is 13.7 Å². The van der Waals surface area contributed by atoms with Crippen LogP contribution >= 0.6 is 11.3 Å². The molecule has 0 fully saturated rings. The number of aliphatic hydroxyl groups excluding tert-OH is 1. The Kier molecular flexibility index (Phi) is 5.78. The van der Waals surface area contributed by atoms with Crippen molar-refractivity contribution < 1.29 is 14.6 Å². The highest BCUT2D eigenvalue weighted by Gasteiger charge is 2.09. The van der Waals surface area contributed by atoms with E-state index in [1.54, 1.807) is 7.11 Å². The van der Waals surface area contributed by atoms with Gasteiger partial charge in [0.15, 0.2) is 0 Å². The molecule has 4 nitrogen and oxygen atoms in total. The normalized spacial score (nSPS) is 11.9. The highest BCUT2D eigenvalue weighted by atomic mass is 32.1. The summed E-state index contributed by atoms with van der Waals surface area (Å²) in [7, 11) is 1.60. The van der Waals surface area contributed by atoms with Crippen molar-refractivity contribution in [1.82, 2.24) is 5.32 Å². The van der Waals surface area contributed by atoms with Gasteiger partial charge in [0.2, 0.25) is 5.91 Å². The summed E-state index contributed by atoms with van der Waals surface area (Å²) < 4.78 is 5.13. The van der Waals surface area contributed by atoms with Crippen LogP contribution in [0.4, 0.5) is 0 Å². The number of amides is 1. The highest BCUT2D eigenvalue weighted by Crippen LogP contribution is 2.20. The lowest BCUT2D eigenvalue weighted by Gasteiger charge is -2.10. The van der Waals surface area contributed by atoms with E-state index in [1.807, 2.05) is 41.8 Å². The van der Waals surface area contributed by atoms with Gasteiger partial charge in [-0.2, -0.15) is 0 Å². The van der Waals surface area contributed by atoms with Crippen molar-refractivity contribution in [3.63, 3.8) is 0 Å². The Bertz CT molecular complexity index is 569. The maximum Gasteiger partial charge on any atom is 0.224 e. The third kappa shape index (κ3) is 4.88. The molecule has 2 rings (SSSR count). The van der Waals surface area contributed by atoms with Crippen LogP contribution in [-0.2, 0) is 11.2 Å². The van der Waals surface area contributed by atoms with Crippen LogP contribution < -0.4 is 10.1 Å². The molecule has 1 aromatic heterocycles. The maximum absolute atomic E-state index is 11.8. The number of thiophene rings is 1. The van der Waals surface area contributed by atoms with Crippen molar-refractivity contribution in [3.8, 4) is 5.75 Å². The van der Waals surface area contributed by atoms with Gasteiger partial charge in [-0.15, -0.1) is 11.3 Å². The topological polar surface area (TPSA) is 58.6 Å². The number of carbonyl (C=O) groups excluding carboxylic acids is 1. The minimum Gasteiger partial charge on any atom is -0.497 e. The summed E-state index contributed by atoms with van der Waals surface area (Å²) in [5.41, 5.74) is 0.908. The fraction of sp³-hybridized carbons (Fsp3) is 0.312. The predicted octanol–water partition coefficient (Wildman–Crippen LogP) is 2.54. The lowest BCUT2D eigenvalue weighted by molar-refractivity contribution is -0.120. The molecular formula is C16H19NO3S. The third-order valence-corrected chi connectivity index (χ3v) is 4.08. The largest absolute Gasteiger partial charge is 0.497 e. The Balaban J connectivity index is 1.74. The summed E-state index contributed by atoms with van der Waals surface area (Å²) in [6, 6.07) is 11.3. The van der Waals surface area contributed by atoms with Crippen LogP contribution in [0.15, 0.2) is 41.8 Å². The zero-order chi connectivity index (χ0) is 15.1. The first-order chi connectivity index (χ1) is 10.2. The van der Waals surface area contributed by atoms with Gasteiger partial charge in [0, 0.05) is 11.4 Å². The molecule has 0 aliphatic rings. The van der Waals surface area contributed by atoms with Gasteiger partial charge in [-0.1, -0.05) is 18.2 Å². The molecule has 0 saturated carbocycles. The number of methoxy groups -OCH3 is 1. The molecule has 112 valence electrons. The molecule has 2 N–H and O–H groups in total. The van der Waals surface area contributed by atoms with Crippen molar-refractivity contribution in [2.24, 2.45) is 0 Å². The average Bonchev–Trinajstić information content (AvgIpc) is 3.01. The van der Waals surface area contributed by atoms with Gasteiger partial charge in [-0.3, -0.25) is 4.79 Å². The molecule has 0 bridgehead atoms. The Morgan fingerprint density at radius 1 is 1.38 bits per heavy atom. The van der Waals surface area contributed by atoms with Crippen LogP contribution in [0.25, 0.3) is 0 Å². The van der Waals surface area contributed by atoms with Crippen LogP contribution in [0.5, 0.6) is 5.75 Å². The van der Waals surface area contributed by atoms with E-state index in [1.165, 1.54) is 11.3 Å². The number of rotatable bonds is 7. The number of aliphatic hydroxyl groups is 1. The van der Waals surface area contributed by atoms with E-state index in [0.717, 1.165) is 16.2 Å². The second-order valence-electron chi connectivity index (χ2n) is 4.70. The lowest BCUT2D eigenvalue weighted by atomic mass is 10.1. The molecule has 0 aliphatic heterocycles. The molecule has 5 heteroatoms. The van der Waals surface area contributed by atoms with Crippen LogP contribution in [0.1, 0.15) is 23.0 Å². The fourth-order valence-corrected chi connectivity index (χ4v) is 2.75. The standard InChI is InChI=1S/C16H19NO3S/c1-20-13-5-2-4-12(10-13)11-16(19)17-8-7-14(18)15-6-3-9-21-15/h2-6,9-10,14,18H,7-8,11H2,1H3,(H,17,19). The van der Waals surface area contributed by atoms with E-state index in [4.69, 9.17) is 4.74 Å². The minimum absolute atomic E-state index is 0.0540. The number of ether oxygens (including phenoxy) is 1. The van der Waals surface area contributed by atoms with E-state index in [2.05, 4.69) is 5.32 Å². The zero-order valence-corrected chi connectivity index (χ0v) is 12.7. The second-order valence-corrected chi connectivity index (χ2v) is 5.68. The summed E-state index contributed by atoms with van der Waals surface area (Å²) in [5.74, 6) is 0.690. The number of hydrogen-bond acceptors (Lipinski definition) is 4. The monoisotopic (exact) mass is 305 g/mol. The van der Waals surface area contributed by atoms with Crippen LogP contribution in [0.2, 0.25) is 0 Å². The van der Waals surface area contributed by atoms with Gasteiger partial charge in [0.1, 0.15) is 5.75 Å². The maximum atomic E-state index is 11.8. The van der Waals surface area contributed by atoms with E-state index in [9.17, 15) is 9.90 Å². The first-order valence-electron chi connectivity index (χ1n) is 6.80. The first kappa shape index (κ1) is 15.5. The quantitative estimate of drug-likeness (QED) is 0.826. The molecule has 0 aliphatic carbocycles. The smallest absolute Gasteiger partial charge is 0.224 e. The van der Waals surface area contributed by atoms with Crippen LogP contribution in [-0.4, -0.2) is 24.7 Å². The molecule has 21 heavy (non-hydrogen) atoms. The fourth-order valence-electron chi connectivity index (χ4n) is 2.00. The second kappa shape index (κ2) is 7.81. The van der Waals surface area contributed by atoms with Gasteiger partial charge < -0.3 is 15.2 Å². The molecule has 1 aromatic carbocycles. The van der Waals surface area contributed by atoms with Crippen LogP contribution in [0, 0.1) is 0 Å². The number of carbonyl (C=O) groups is 1. The molecule has 1 amide bonds. The predicted molar refractivity (Wildman–Crippen MR) is 83.6 cm³/mol. The van der Waals surface area contributed by atoms with Gasteiger partial charge in [-0.05, 0) is 35.6 Å². The molecule has 1 atom stereocenters. The summed E-state index contributed by atoms with van der Waals surface area (Å²) in [6.07, 6.45) is 0.318. The molecule has 1 unspecified atom stereocenters. The molecule has 2 aromatic rings. The van der Waals surface area contributed by atoms with Gasteiger partial charge in [0.25, 0.3) is 0 Å². The minimum atomic E-state index is -0.512. The highest BCUT2D eigenvalue weighted by molar-refractivity contribution is 7.10. The number of hydrogen-bond donors (Lipinski definition) is 2.